The third kappa shape index (κ3) is 7.71. The topological polar surface area (TPSA) is 74.8 Å². The molecule has 162 valence electrons. The first kappa shape index (κ1) is 24.3. The number of amides is 1. The number of thioether (sulfide) groups is 1. The standard InChI is InChI=1S/C22H28N4O2S.HI/c1-3-23-20(24-15-17-9-11-18(12-10-17)26-21(27)28-2)25-16-22(13-14-22)29-19-7-5-4-6-8-19;/h4-12H,3,13-16H2,1-2H3,(H,26,27)(H2,23,24,25);1H. The molecule has 30 heavy (non-hydrogen) atoms. The lowest BCUT2D eigenvalue weighted by atomic mass is 10.2. The quantitative estimate of drug-likeness (QED) is 0.253. The lowest BCUT2D eigenvalue weighted by Crippen LogP contribution is -2.41. The van der Waals surface area contributed by atoms with Crippen LogP contribution in [-0.2, 0) is 11.3 Å². The first-order valence-electron chi connectivity index (χ1n) is 9.83. The van der Waals surface area contributed by atoms with E-state index in [1.165, 1.54) is 24.8 Å². The molecule has 0 atom stereocenters. The van der Waals surface area contributed by atoms with Gasteiger partial charge in [-0.2, -0.15) is 0 Å². The first-order chi connectivity index (χ1) is 14.1. The van der Waals surface area contributed by atoms with E-state index in [1.807, 2.05) is 36.0 Å². The van der Waals surface area contributed by atoms with Crippen molar-refractivity contribution in [2.24, 2.45) is 4.99 Å². The van der Waals surface area contributed by atoms with Gasteiger partial charge in [-0.15, -0.1) is 35.7 Å². The van der Waals surface area contributed by atoms with Gasteiger partial charge in [0.25, 0.3) is 0 Å². The van der Waals surface area contributed by atoms with Gasteiger partial charge in [0.2, 0.25) is 0 Å². The normalized spacial score (nSPS) is 14.3. The van der Waals surface area contributed by atoms with Crippen LogP contribution in [0.25, 0.3) is 0 Å². The number of nitrogens with zero attached hydrogens (tertiary/aromatic N) is 1. The van der Waals surface area contributed by atoms with Crippen LogP contribution in [0.3, 0.4) is 0 Å². The molecular weight excluding hydrogens is 511 g/mol. The van der Waals surface area contributed by atoms with E-state index in [9.17, 15) is 4.79 Å². The lowest BCUT2D eigenvalue weighted by molar-refractivity contribution is 0.187. The molecule has 3 N–H and O–H groups in total. The van der Waals surface area contributed by atoms with E-state index in [2.05, 4.69) is 57.9 Å². The Kier molecular flexibility index (Phi) is 9.77. The van der Waals surface area contributed by atoms with Gasteiger partial charge < -0.3 is 15.4 Å². The monoisotopic (exact) mass is 540 g/mol. The Morgan fingerprint density at radius 2 is 1.80 bits per heavy atom. The van der Waals surface area contributed by atoms with E-state index in [0.717, 1.165) is 24.6 Å². The number of carbonyl (C=O) groups is 1. The fraction of sp³-hybridized carbons (Fsp3) is 0.364. The van der Waals surface area contributed by atoms with E-state index >= 15 is 0 Å². The van der Waals surface area contributed by atoms with Gasteiger partial charge in [0.05, 0.1) is 13.7 Å². The van der Waals surface area contributed by atoms with Crippen LogP contribution in [0, 0.1) is 0 Å². The van der Waals surface area contributed by atoms with Crippen LogP contribution in [0.2, 0.25) is 0 Å². The Balaban J connectivity index is 0.00000320. The van der Waals surface area contributed by atoms with Gasteiger partial charge in [-0.1, -0.05) is 30.3 Å². The molecule has 1 amide bonds. The SMILES string of the molecule is CCNC(=NCc1ccc(NC(=O)OC)cc1)NCC1(Sc2ccccc2)CC1.I. The molecule has 0 saturated heterocycles. The van der Waals surface area contributed by atoms with E-state index in [4.69, 9.17) is 4.99 Å². The highest BCUT2D eigenvalue weighted by atomic mass is 127. The maximum absolute atomic E-state index is 11.3. The van der Waals surface area contributed by atoms with Crippen LogP contribution in [0.15, 0.2) is 64.5 Å². The third-order valence-electron chi connectivity index (χ3n) is 4.61. The van der Waals surface area contributed by atoms with Crippen LogP contribution >= 0.6 is 35.7 Å². The predicted octanol–water partition coefficient (Wildman–Crippen LogP) is 4.86. The maximum atomic E-state index is 11.3. The number of carbonyl (C=O) groups excluding carboxylic acids is 1. The summed E-state index contributed by atoms with van der Waals surface area (Å²) in [6.07, 6.45) is 1.96. The van der Waals surface area contributed by atoms with Gasteiger partial charge in [0.15, 0.2) is 5.96 Å². The highest BCUT2D eigenvalue weighted by Gasteiger charge is 2.43. The molecule has 1 aliphatic rings. The predicted molar refractivity (Wildman–Crippen MR) is 135 cm³/mol. The average molecular weight is 540 g/mol. The Labute approximate surface area is 199 Å². The fourth-order valence-electron chi connectivity index (χ4n) is 2.81. The second kappa shape index (κ2) is 12.0. The van der Waals surface area contributed by atoms with Crippen molar-refractivity contribution in [3.05, 3.63) is 60.2 Å². The number of anilines is 1. The van der Waals surface area contributed by atoms with E-state index < -0.39 is 6.09 Å². The summed E-state index contributed by atoms with van der Waals surface area (Å²) in [5, 5.41) is 9.47. The highest BCUT2D eigenvalue weighted by molar-refractivity contribution is 14.0. The van der Waals surface area contributed by atoms with Crippen molar-refractivity contribution in [2.75, 3.05) is 25.5 Å². The smallest absolute Gasteiger partial charge is 0.411 e. The number of aliphatic imine (C=N–C) groups is 1. The molecule has 0 radical (unpaired) electrons. The number of benzene rings is 2. The van der Waals surface area contributed by atoms with Gasteiger partial charge >= 0.3 is 6.09 Å². The molecule has 6 nitrogen and oxygen atoms in total. The second-order valence-electron chi connectivity index (χ2n) is 6.96. The molecule has 0 unspecified atom stereocenters. The molecule has 1 saturated carbocycles. The summed E-state index contributed by atoms with van der Waals surface area (Å²) >= 11 is 1.95. The van der Waals surface area contributed by atoms with Crippen molar-refractivity contribution in [3.8, 4) is 0 Å². The summed E-state index contributed by atoms with van der Waals surface area (Å²) in [5.74, 6) is 0.823. The number of methoxy groups -OCH3 is 1. The molecule has 2 aromatic carbocycles. The summed E-state index contributed by atoms with van der Waals surface area (Å²) in [7, 11) is 1.35. The summed E-state index contributed by atoms with van der Waals surface area (Å²) in [6, 6.07) is 18.2. The molecule has 0 spiro atoms. The van der Waals surface area contributed by atoms with Crippen molar-refractivity contribution < 1.29 is 9.53 Å². The molecule has 0 heterocycles. The van der Waals surface area contributed by atoms with Crippen molar-refractivity contribution in [1.82, 2.24) is 10.6 Å². The summed E-state index contributed by atoms with van der Waals surface area (Å²) in [4.78, 5) is 17.3. The van der Waals surface area contributed by atoms with E-state index in [1.54, 1.807) is 0 Å². The summed E-state index contributed by atoms with van der Waals surface area (Å²) in [6.45, 7) is 4.33. The number of nitrogens with one attached hydrogen (secondary N) is 3. The summed E-state index contributed by atoms with van der Waals surface area (Å²) in [5.41, 5.74) is 1.76. The van der Waals surface area contributed by atoms with Crippen LogP contribution in [0.1, 0.15) is 25.3 Å². The zero-order valence-corrected chi connectivity index (χ0v) is 20.5. The Bertz CT molecular complexity index is 827. The van der Waals surface area contributed by atoms with Crippen LogP contribution in [-0.4, -0.2) is 37.0 Å². The zero-order chi connectivity index (χ0) is 20.5. The number of hydrogen-bond acceptors (Lipinski definition) is 4. The van der Waals surface area contributed by atoms with Gasteiger partial charge in [0.1, 0.15) is 0 Å². The largest absolute Gasteiger partial charge is 0.453 e. The first-order valence-corrected chi connectivity index (χ1v) is 10.6. The molecule has 0 bridgehead atoms. The van der Waals surface area contributed by atoms with Crippen molar-refractivity contribution in [1.29, 1.82) is 0 Å². The van der Waals surface area contributed by atoms with Crippen LogP contribution in [0.5, 0.6) is 0 Å². The van der Waals surface area contributed by atoms with Gasteiger partial charge in [-0.05, 0) is 49.6 Å². The average Bonchev–Trinajstić information content (AvgIpc) is 3.51. The Morgan fingerprint density at radius 3 is 2.40 bits per heavy atom. The molecule has 0 aliphatic heterocycles. The molecule has 0 aromatic heterocycles. The minimum atomic E-state index is -0.475. The Hall–Kier alpha value is -1.94. The molecule has 1 aliphatic carbocycles. The number of guanidine groups is 1. The third-order valence-corrected chi connectivity index (χ3v) is 6.11. The number of rotatable bonds is 8. The second-order valence-corrected chi connectivity index (χ2v) is 8.50. The minimum Gasteiger partial charge on any atom is -0.453 e. The highest BCUT2D eigenvalue weighted by Crippen LogP contribution is 2.51. The maximum Gasteiger partial charge on any atom is 0.411 e. The van der Waals surface area contributed by atoms with Crippen molar-refractivity contribution >= 4 is 53.5 Å². The molecular formula is C22H29IN4O2S. The van der Waals surface area contributed by atoms with Crippen LogP contribution < -0.4 is 16.0 Å². The van der Waals surface area contributed by atoms with Crippen molar-refractivity contribution in [3.63, 3.8) is 0 Å². The van der Waals surface area contributed by atoms with Crippen molar-refractivity contribution in [2.45, 2.75) is 36.0 Å². The molecule has 8 heteroatoms. The van der Waals surface area contributed by atoms with Gasteiger partial charge in [-0.25, -0.2) is 9.79 Å². The van der Waals surface area contributed by atoms with E-state index in [0.29, 0.717) is 12.2 Å². The fourth-order valence-corrected chi connectivity index (χ4v) is 4.06. The zero-order valence-electron chi connectivity index (χ0n) is 17.3. The summed E-state index contributed by atoms with van der Waals surface area (Å²) < 4.78 is 4.86. The lowest BCUT2D eigenvalue weighted by Gasteiger charge is -2.18. The minimum absolute atomic E-state index is 0. The van der Waals surface area contributed by atoms with Gasteiger partial charge in [0, 0.05) is 28.4 Å². The molecule has 1 fully saturated rings. The van der Waals surface area contributed by atoms with Crippen LogP contribution in [0.4, 0.5) is 10.5 Å². The number of ether oxygens (including phenoxy) is 1. The van der Waals surface area contributed by atoms with E-state index in [-0.39, 0.29) is 28.7 Å². The molecule has 2 aromatic rings. The molecule has 3 rings (SSSR count). The number of halogens is 1. The number of hydrogen-bond donors (Lipinski definition) is 3. The van der Waals surface area contributed by atoms with Gasteiger partial charge in [-0.3, -0.25) is 5.32 Å². The Morgan fingerprint density at radius 1 is 1.10 bits per heavy atom.